The van der Waals surface area contributed by atoms with Gasteiger partial charge in [0, 0.05) is 0 Å². The molecule has 0 aliphatic rings. The molecule has 0 fully saturated rings. The smallest absolute Gasteiger partial charge is 0.335 e. The predicted molar refractivity (Wildman–Crippen MR) is 63.5 cm³/mol. The molecule has 1 rings (SSSR count). The number of rotatable bonds is 3. The third-order valence-electron chi connectivity index (χ3n) is 2.30. The van der Waals surface area contributed by atoms with Gasteiger partial charge in [-0.05, 0) is 35.6 Å². The molecule has 0 radical (unpaired) electrons. The first-order valence-corrected chi connectivity index (χ1v) is 5.30. The molecular formula is C13H16O4. The topological polar surface area (TPSA) is 74.6 Å². The van der Waals surface area contributed by atoms with Crippen molar-refractivity contribution < 1.29 is 19.8 Å². The van der Waals surface area contributed by atoms with Gasteiger partial charge in [0.05, 0.1) is 11.1 Å². The first-order valence-electron chi connectivity index (χ1n) is 5.30. The quantitative estimate of drug-likeness (QED) is 0.846. The molecule has 0 saturated heterocycles. The van der Waals surface area contributed by atoms with Crippen LogP contribution >= 0.6 is 0 Å². The maximum Gasteiger partial charge on any atom is 0.335 e. The van der Waals surface area contributed by atoms with E-state index < -0.39 is 11.9 Å². The highest BCUT2D eigenvalue weighted by Gasteiger charge is 2.18. The molecule has 0 bridgehead atoms. The molecule has 1 aromatic carbocycles. The first kappa shape index (κ1) is 13.2. The van der Waals surface area contributed by atoms with Gasteiger partial charge in [0.15, 0.2) is 0 Å². The van der Waals surface area contributed by atoms with Crippen LogP contribution in [0.1, 0.15) is 47.1 Å². The number of hydrogen-bond acceptors (Lipinski definition) is 2. The highest BCUT2D eigenvalue weighted by molar-refractivity contribution is 5.93. The van der Waals surface area contributed by atoms with Crippen molar-refractivity contribution in [3.63, 3.8) is 0 Å². The predicted octanol–water partition coefficient (Wildman–Crippen LogP) is 2.67. The zero-order valence-electron chi connectivity index (χ0n) is 10.2. The van der Waals surface area contributed by atoms with Crippen LogP contribution in [0.2, 0.25) is 0 Å². The van der Waals surface area contributed by atoms with E-state index in [0.717, 1.165) is 0 Å². The van der Waals surface area contributed by atoms with Crippen molar-refractivity contribution >= 4 is 11.9 Å². The minimum Gasteiger partial charge on any atom is -0.478 e. The number of carbonyl (C=O) groups is 2. The van der Waals surface area contributed by atoms with Crippen LogP contribution < -0.4 is 0 Å². The molecule has 0 spiro atoms. The monoisotopic (exact) mass is 236 g/mol. The van der Waals surface area contributed by atoms with Crippen molar-refractivity contribution in [3.8, 4) is 0 Å². The van der Waals surface area contributed by atoms with Crippen LogP contribution in [-0.4, -0.2) is 22.2 Å². The summed E-state index contributed by atoms with van der Waals surface area (Å²) in [6, 6.07) is 4.11. The molecule has 0 aliphatic heterocycles. The maximum atomic E-state index is 11.0. The lowest BCUT2D eigenvalue weighted by Gasteiger charge is -2.19. The second kappa shape index (κ2) is 4.57. The lowest BCUT2D eigenvalue weighted by atomic mass is 9.85. The Bertz CT molecular complexity index is 455. The molecule has 0 saturated carbocycles. The van der Waals surface area contributed by atoms with Crippen molar-refractivity contribution in [1.29, 1.82) is 0 Å². The summed E-state index contributed by atoms with van der Waals surface area (Å²) in [5, 5.41) is 17.9. The molecule has 17 heavy (non-hydrogen) atoms. The van der Waals surface area contributed by atoms with Gasteiger partial charge in [-0.25, -0.2) is 9.59 Å². The van der Waals surface area contributed by atoms with E-state index in [2.05, 4.69) is 0 Å². The summed E-state index contributed by atoms with van der Waals surface area (Å²) >= 11 is 0. The average molecular weight is 236 g/mol. The fourth-order valence-corrected chi connectivity index (χ4v) is 1.65. The van der Waals surface area contributed by atoms with Crippen molar-refractivity contribution in [2.45, 2.75) is 27.2 Å². The Morgan fingerprint density at radius 3 is 2.12 bits per heavy atom. The molecule has 0 heterocycles. The number of aromatic carboxylic acids is 2. The molecule has 0 unspecified atom stereocenters. The lowest BCUT2D eigenvalue weighted by molar-refractivity contribution is 0.0679. The highest BCUT2D eigenvalue weighted by Crippen LogP contribution is 2.24. The second-order valence-corrected chi connectivity index (χ2v) is 5.22. The number of carboxylic acid groups (broad SMARTS) is 2. The summed E-state index contributed by atoms with van der Waals surface area (Å²) in [5.41, 5.74) is 0.755. The van der Waals surface area contributed by atoms with E-state index in [4.69, 9.17) is 10.2 Å². The minimum atomic E-state index is -1.04. The summed E-state index contributed by atoms with van der Waals surface area (Å²) in [4.78, 5) is 21.9. The SMILES string of the molecule is CC(C)(C)Cc1cc(C(=O)O)ccc1C(=O)O. The number of hydrogen-bond donors (Lipinski definition) is 2. The summed E-state index contributed by atoms with van der Waals surface area (Å²) in [6.07, 6.45) is 0.524. The van der Waals surface area contributed by atoms with Crippen LogP contribution in [0.4, 0.5) is 0 Å². The van der Waals surface area contributed by atoms with E-state index in [9.17, 15) is 9.59 Å². The number of benzene rings is 1. The second-order valence-electron chi connectivity index (χ2n) is 5.22. The lowest BCUT2D eigenvalue weighted by Crippen LogP contribution is -2.14. The molecule has 2 N–H and O–H groups in total. The standard InChI is InChI=1S/C13H16O4/c1-13(2,3)7-9-6-8(11(14)15)4-5-10(9)12(16)17/h4-6H,7H2,1-3H3,(H,14,15)(H,16,17). The molecule has 0 aromatic heterocycles. The summed E-state index contributed by atoms with van der Waals surface area (Å²) in [6.45, 7) is 5.93. The Kier molecular flexibility index (Phi) is 3.56. The Morgan fingerprint density at radius 2 is 1.71 bits per heavy atom. The Hall–Kier alpha value is -1.84. The molecule has 4 heteroatoms. The Balaban J connectivity index is 3.25. The molecule has 0 aliphatic carbocycles. The van der Waals surface area contributed by atoms with Gasteiger partial charge in [-0.15, -0.1) is 0 Å². The van der Waals surface area contributed by atoms with Crippen molar-refractivity contribution in [1.82, 2.24) is 0 Å². The molecule has 0 amide bonds. The van der Waals surface area contributed by atoms with E-state index in [1.165, 1.54) is 18.2 Å². The minimum absolute atomic E-state index is 0.0959. The van der Waals surface area contributed by atoms with E-state index >= 15 is 0 Å². The van der Waals surface area contributed by atoms with Crippen LogP contribution in [0.3, 0.4) is 0 Å². The largest absolute Gasteiger partial charge is 0.478 e. The van der Waals surface area contributed by atoms with Crippen LogP contribution in [0, 0.1) is 5.41 Å². The van der Waals surface area contributed by atoms with Gasteiger partial charge < -0.3 is 10.2 Å². The molecule has 4 nitrogen and oxygen atoms in total. The molecule has 92 valence electrons. The van der Waals surface area contributed by atoms with Gasteiger partial charge in [-0.2, -0.15) is 0 Å². The zero-order chi connectivity index (χ0) is 13.2. The summed E-state index contributed by atoms with van der Waals surface area (Å²) in [7, 11) is 0. The van der Waals surface area contributed by atoms with Crippen molar-refractivity contribution in [2.75, 3.05) is 0 Å². The van der Waals surface area contributed by atoms with Crippen LogP contribution in [0.15, 0.2) is 18.2 Å². The molecule has 0 atom stereocenters. The molecular weight excluding hydrogens is 220 g/mol. The number of carboxylic acids is 2. The van der Waals surface area contributed by atoms with E-state index in [-0.39, 0.29) is 16.5 Å². The fourth-order valence-electron chi connectivity index (χ4n) is 1.65. The summed E-state index contributed by atoms with van der Waals surface area (Å²) < 4.78 is 0. The third-order valence-corrected chi connectivity index (χ3v) is 2.30. The average Bonchev–Trinajstić information content (AvgIpc) is 2.14. The van der Waals surface area contributed by atoms with E-state index in [1.54, 1.807) is 0 Å². The van der Waals surface area contributed by atoms with E-state index in [1.807, 2.05) is 20.8 Å². The van der Waals surface area contributed by atoms with Gasteiger partial charge >= 0.3 is 11.9 Å². The van der Waals surface area contributed by atoms with Gasteiger partial charge in [0.1, 0.15) is 0 Å². The summed E-state index contributed by atoms with van der Waals surface area (Å²) in [5.74, 6) is -2.07. The van der Waals surface area contributed by atoms with Gasteiger partial charge in [0.25, 0.3) is 0 Å². The van der Waals surface area contributed by atoms with Gasteiger partial charge in [-0.3, -0.25) is 0 Å². The van der Waals surface area contributed by atoms with Crippen LogP contribution in [0.5, 0.6) is 0 Å². The zero-order valence-corrected chi connectivity index (χ0v) is 10.2. The Labute approximate surface area is 99.9 Å². The van der Waals surface area contributed by atoms with Gasteiger partial charge in [-0.1, -0.05) is 20.8 Å². The first-order chi connectivity index (χ1) is 7.70. The van der Waals surface area contributed by atoms with Crippen LogP contribution in [0.25, 0.3) is 0 Å². The highest BCUT2D eigenvalue weighted by atomic mass is 16.4. The van der Waals surface area contributed by atoms with Crippen molar-refractivity contribution in [3.05, 3.63) is 34.9 Å². The van der Waals surface area contributed by atoms with Gasteiger partial charge in [0.2, 0.25) is 0 Å². The Morgan fingerprint density at radius 1 is 1.12 bits per heavy atom. The van der Waals surface area contributed by atoms with E-state index in [0.29, 0.717) is 12.0 Å². The van der Waals surface area contributed by atoms with Crippen LogP contribution in [-0.2, 0) is 6.42 Å². The fraction of sp³-hybridized carbons (Fsp3) is 0.385. The normalized spacial score (nSPS) is 11.2. The third kappa shape index (κ3) is 3.59. The molecule has 1 aromatic rings. The van der Waals surface area contributed by atoms with Crippen molar-refractivity contribution in [2.24, 2.45) is 5.41 Å². The maximum absolute atomic E-state index is 11.0.